The van der Waals surface area contributed by atoms with Crippen LogP contribution in [0, 0.1) is 0 Å². The van der Waals surface area contributed by atoms with Crippen molar-refractivity contribution in [1.82, 2.24) is 10.6 Å². The van der Waals surface area contributed by atoms with Gasteiger partial charge in [0, 0.05) is 18.7 Å². The van der Waals surface area contributed by atoms with Crippen LogP contribution in [0.1, 0.15) is 27.1 Å². The van der Waals surface area contributed by atoms with E-state index in [4.69, 9.17) is 22.1 Å². The summed E-state index contributed by atoms with van der Waals surface area (Å²) in [6, 6.07) is 11.7. The Morgan fingerprint density at radius 1 is 1.18 bits per heavy atom. The van der Waals surface area contributed by atoms with E-state index in [2.05, 4.69) is 31.9 Å². The number of carbonyl (C=O) groups is 2. The van der Waals surface area contributed by atoms with Gasteiger partial charge in [-0.05, 0) is 64.9 Å². The number of benzene rings is 2. The number of nitrogens with one attached hydrogen (secondary N) is 3. The maximum absolute atomic E-state index is 12.4. The molecule has 0 heterocycles. The van der Waals surface area contributed by atoms with Gasteiger partial charge in [0.25, 0.3) is 11.8 Å². The lowest BCUT2D eigenvalue weighted by Gasteiger charge is -2.14. The largest absolute Gasteiger partial charge is 0.496 e. The molecular formula is C19H20BrN3O4S. The number of carbonyl (C=O) groups excluding carboxylic acids is 2. The van der Waals surface area contributed by atoms with E-state index < -0.39 is 5.91 Å². The van der Waals surface area contributed by atoms with E-state index in [1.807, 2.05) is 0 Å². The molecule has 148 valence electrons. The van der Waals surface area contributed by atoms with Crippen molar-refractivity contribution in [2.75, 3.05) is 25.6 Å². The molecule has 9 heteroatoms. The molecule has 2 rings (SSSR count). The van der Waals surface area contributed by atoms with Crippen LogP contribution in [-0.2, 0) is 0 Å². The SMILES string of the molecule is COc1ccc(C(=O)NC(=S)Nc2ccccc2C(=O)NCCCO)cc1Br. The zero-order valence-electron chi connectivity index (χ0n) is 15.1. The van der Waals surface area contributed by atoms with Crippen LogP contribution in [0.15, 0.2) is 46.9 Å². The Hall–Kier alpha value is -2.49. The molecule has 0 saturated carbocycles. The van der Waals surface area contributed by atoms with Crippen LogP contribution >= 0.6 is 28.1 Å². The van der Waals surface area contributed by atoms with E-state index in [1.165, 1.54) is 7.11 Å². The smallest absolute Gasteiger partial charge is 0.257 e. The van der Waals surface area contributed by atoms with Crippen molar-refractivity contribution in [3.05, 3.63) is 58.1 Å². The molecule has 0 bridgehead atoms. The average molecular weight is 466 g/mol. The van der Waals surface area contributed by atoms with Gasteiger partial charge in [-0.25, -0.2) is 0 Å². The van der Waals surface area contributed by atoms with Crippen molar-refractivity contribution in [2.45, 2.75) is 6.42 Å². The Morgan fingerprint density at radius 2 is 1.93 bits per heavy atom. The van der Waals surface area contributed by atoms with Gasteiger partial charge in [-0.15, -0.1) is 0 Å². The van der Waals surface area contributed by atoms with E-state index in [9.17, 15) is 9.59 Å². The lowest BCUT2D eigenvalue weighted by atomic mass is 10.1. The minimum Gasteiger partial charge on any atom is -0.496 e. The minimum absolute atomic E-state index is 0.00221. The van der Waals surface area contributed by atoms with Crippen molar-refractivity contribution >= 4 is 50.8 Å². The standard InChI is InChI=1S/C19H20BrN3O4S/c1-27-16-8-7-12(11-14(16)20)17(25)23-19(28)22-15-6-3-2-5-13(15)18(26)21-9-4-10-24/h2-3,5-8,11,24H,4,9-10H2,1H3,(H,21,26)(H2,22,23,25,28). The predicted molar refractivity (Wildman–Crippen MR) is 115 cm³/mol. The molecule has 0 unspecified atom stereocenters. The third-order valence-electron chi connectivity index (χ3n) is 3.68. The van der Waals surface area contributed by atoms with Gasteiger partial charge >= 0.3 is 0 Å². The lowest BCUT2D eigenvalue weighted by molar-refractivity contribution is 0.0950. The van der Waals surface area contributed by atoms with E-state index >= 15 is 0 Å². The first-order valence-corrected chi connectivity index (χ1v) is 9.60. The second kappa shape index (κ2) is 10.7. The minimum atomic E-state index is -0.397. The van der Waals surface area contributed by atoms with Crippen LogP contribution < -0.4 is 20.7 Å². The van der Waals surface area contributed by atoms with E-state index in [0.29, 0.717) is 40.0 Å². The fourth-order valence-corrected chi connectivity index (χ4v) is 3.05. The van der Waals surface area contributed by atoms with E-state index in [1.54, 1.807) is 42.5 Å². The second-order valence-electron chi connectivity index (χ2n) is 5.64. The highest BCUT2D eigenvalue weighted by Gasteiger charge is 2.14. The molecule has 0 radical (unpaired) electrons. The number of rotatable bonds is 7. The summed E-state index contributed by atoms with van der Waals surface area (Å²) in [5.74, 6) is -0.0890. The zero-order chi connectivity index (χ0) is 20.5. The summed E-state index contributed by atoms with van der Waals surface area (Å²) in [5.41, 5.74) is 1.24. The van der Waals surface area contributed by atoms with Crippen molar-refractivity contribution in [3.63, 3.8) is 0 Å². The van der Waals surface area contributed by atoms with Crippen LogP contribution in [0.5, 0.6) is 5.75 Å². The van der Waals surface area contributed by atoms with E-state index in [-0.39, 0.29) is 17.6 Å². The van der Waals surface area contributed by atoms with Crippen LogP contribution in [0.2, 0.25) is 0 Å². The van der Waals surface area contributed by atoms with Gasteiger partial charge < -0.3 is 20.5 Å². The molecule has 2 aromatic rings. The molecule has 2 amide bonds. The first-order chi connectivity index (χ1) is 13.5. The topological polar surface area (TPSA) is 99.7 Å². The Bertz CT molecular complexity index is 876. The van der Waals surface area contributed by atoms with Crippen molar-refractivity contribution in [1.29, 1.82) is 0 Å². The predicted octanol–water partition coefficient (Wildman–Crippen LogP) is 2.70. The van der Waals surface area contributed by atoms with Crippen molar-refractivity contribution < 1.29 is 19.4 Å². The summed E-state index contributed by atoms with van der Waals surface area (Å²) in [5, 5.41) is 17.0. The van der Waals surface area contributed by atoms with Gasteiger partial charge in [-0.1, -0.05) is 12.1 Å². The fraction of sp³-hybridized carbons (Fsp3) is 0.211. The van der Waals surface area contributed by atoms with E-state index in [0.717, 1.165) is 0 Å². The molecule has 0 aliphatic rings. The number of aliphatic hydroxyl groups excluding tert-OH is 1. The summed E-state index contributed by atoms with van der Waals surface area (Å²) >= 11 is 8.54. The van der Waals surface area contributed by atoms with Crippen LogP contribution in [0.3, 0.4) is 0 Å². The van der Waals surface area contributed by atoms with Crippen LogP contribution in [-0.4, -0.2) is 42.3 Å². The number of thiocarbonyl (C=S) groups is 1. The number of aliphatic hydroxyl groups is 1. The summed E-state index contributed by atoms with van der Waals surface area (Å²) < 4.78 is 5.79. The maximum atomic E-state index is 12.4. The number of anilines is 1. The molecule has 0 aromatic heterocycles. The Balaban J connectivity index is 2.04. The van der Waals surface area contributed by atoms with Crippen LogP contribution in [0.4, 0.5) is 5.69 Å². The number of para-hydroxylation sites is 1. The summed E-state index contributed by atoms with van der Waals surface area (Å²) in [6.45, 7) is 0.356. The monoisotopic (exact) mass is 465 g/mol. The molecule has 4 N–H and O–H groups in total. The van der Waals surface area contributed by atoms with Crippen molar-refractivity contribution in [2.24, 2.45) is 0 Å². The quantitative estimate of drug-likeness (QED) is 0.370. The third kappa shape index (κ3) is 6.01. The number of hydrogen-bond acceptors (Lipinski definition) is 5. The Kier molecular flexibility index (Phi) is 8.37. The summed E-state index contributed by atoms with van der Waals surface area (Å²) in [4.78, 5) is 24.7. The first kappa shape index (κ1) is 21.8. The highest BCUT2D eigenvalue weighted by Crippen LogP contribution is 2.25. The van der Waals surface area contributed by atoms with Gasteiger partial charge in [0.15, 0.2) is 5.11 Å². The third-order valence-corrected chi connectivity index (χ3v) is 4.51. The molecule has 0 aliphatic heterocycles. The zero-order valence-corrected chi connectivity index (χ0v) is 17.5. The second-order valence-corrected chi connectivity index (χ2v) is 6.90. The number of ether oxygens (including phenoxy) is 1. The first-order valence-electron chi connectivity index (χ1n) is 8.40. The highest BCUT2D eigenvalue weighted by atomic mass is 79.9. The molecule has 2 aromatic carbocycles. The van der Waals surface area contributed by atoms with Gasteiger partial charge in [0.05, 0.1) is 22.8 Å². The maximum Gasteiger partial charge on any atom is 0.257 e. The number of halogens is 1. The molecule has 28 heavy (non-hydrogen) atoms. The highest BCUT2D eigenvalue weighted by molar-refractivity contribution is 9.10. The molecule has 0 spiro atoms. The van der Waals surface area contributed by atoms with Crippen LogP contribution in [0.25, 0.3) is 0 Å². The number of methoxy groups -OCH3 is 1. The average Bonchev–Trinajstić information content (AvgIpc) is 2.68. The van der Waals surface area contributed by atoms with Gasteiger partial charge in [0.2, 0.25) is 0 Å². The lowest BCUT2D eigenvalue weighted by Crippen LogP contribution is -2.35. The number of amides is 2. The molecule has 7 nitrogen and oxygen atoms in total. The summed E-state index contributed by atoms with van der Waals surface area (Å²) in [7, 11) is 1.54. The Labute approximate surface area is 176 Å². The van der Waals surface area contributed by atoms with Crippen molar-refractivity contribution in [3.8, 4) is 5.75 Å². The normalized spacial score (nSPS) is 10.1. The van der Waals surface area contributed by atoms with Gasteiger partial charge in [-0.3, -0.25) is 14.9 Å². The Morgan fingerprint density at radius 3 is 2.61 bits per heavy atom. The van der Waals surface area contributed by atoms with Gasteiger partial charge in [0.1, 0.15) is 5.75 Å². The number of hydrogen-bond donors (Lipinski definition) is 4. The molecule has 0 saturated heterocycles. The molecule has 0 aliphatic carbocycles. The molecule has 0 fully saturated rings. The summed E-state index contributed by atoms with van der Waals surface area (Å²) in [6.07, 6.45) is 0.466. The van der Waals surface area contributed by atoms with Gasteiger partial charge in [-0.2, -0.15) is 0 Å². The molecular weight excluding hydrogens is 446 g/mol. The fourth-order valence-electron chi connectivity index (χ4n) is 2.30. The molecule has 0 atom stereocenters.